The topological polar surface area (TPSA) is 38.3 Å². The minimum atomic E-state index is -3.46. The Morgan fingerprint density at radius 1 is 0.697 bits per heavy atom. The molecule has 0 spiro atoms. The molecule has 0 aliphatic heterocycles. The number of halogens is 2. The van der Waals surface area contributed by atoms with E-state index >= 15 is 0 Å². The molecule has 0 fully saturated rings. The van der Waals surface area contributed by atoms with Gasteiger partial charge in [-0.05, 0) is 0 Å². The summed E-state index contributed by atoms with van der Waals surface area (Å²) in [7, 11) is 0. The average Bonchev–Trinajstić information content (AvgIpc) is 2.87. The number of benzene rings is 4. The summed E-state index contributed by atoms with van der Waals surface area (Å²) in [6.07, 6.45) is -0.0765. The SMILES string of the molecule is O=C(Nc1ccc(Cl)cc1)OCCP(Cl)(c1ccccc1)(c1ccccc1)c1ccccc1. The van der Waals surface area contributed by atoms with E-state index in [1.54, 1.807) is 24.3 Å². The van der Waals surface area contributed by atoms with Gasteiger partial charge in [0.1, 0.15) is 0 Å². The first-order valence-corrected chi connectivity index (χ1v) is 14.3. The van der Waals surface area contributed by atoms with Crippen LogP contribution in [0.25, 0.3) is 0 Å². The minimum absolute atomic E-state index is 0.152. The van der Waals surface area contributed by atoms with Crippen molar-refractivity contribution in [1.29, 1.82) is 0 Å². The molecule has 3 nitrogen and oxygen atoms in total. The first kappa shape index (κ1) is 23.3. The van der Waals surface area contributed by atoms with Crippen LogP contribution in [0.2, 0.25) is 5.02 Å². The van der Waals surface area contributed by atoms with Gasteiger partial charge in [0, 0.05) is 0 Å². The van der Waals surface area contributed by atoms with Gasteiger partial charge in [0.05, 0.1) is 0 Å². The molecule has 1 amide bonds. The molecule has 4 aromatic rings. The molecule has 0 bridgehead atoms. The number of hydrogen-bond acceptors (Lipinski definition) is 2. The van der Waals surface area contributed by atoms with Gasteiger partial charge in [-0.2, -0.15) is 0 Å². The van der Waals surface area contributed by atoms with Gasteiger partial charge in [-0.15, -0.1) is 0 Å². The van der Waals surface area contributed by atoms with E-state index in [-0.39, 0.29) is 6.61 Å². The summed E-state index contributed by atoms with van der Waals surface area (Å²) in [6.45, 7) is 0.152. The Hall–Kier alpha value is -2.84. The van der Waals surface area contributed by atoms with Crippen LogP contribution in [0, 0.1) is 0 Å². The Balaban J connectivity index is 1.69. The van der Waals surface area contributed by atoms with Crippen molar-refractivity contribution in [2.24, 2.45) is 0 Å². The third kappa shape index (κ3) is 4.77. The molecule has 6 heteroatoms. The van der Waals surface area contributed by atoms with Gasteiger partial charge < -0.3 is 0 Å². The quantitative estimate of drug-likeness (QED) is 0.294. The summed E-state index contributed by atoms with van der Waals surface area (Å²) >= 11 is 13.9. The predicted molar refractivity (Wildman–Crippen MR) is 142 cm³/mol. The zero-order valence-corrected chi connectivity index (χ0v) is 20.3. The molecule has 0 aliphatic carbocycles. The number of nitrogens with one attached hydrogen (secondary N) is 1. The normalized spacial score (nSPS) is 12.4. The van der Waals surface area contributed by atoms with E-state index in [0.717, 1.165) is 15.9 Å². The molecule has 0 unspecified atom stereocenters. The van der Waals surface area contributed by atoms with Gasteiger partial charge in [-0.25, -0.2) is 0 Å². The summed E-state index contributed by atoms with van der Waals surface area (Å²) in [4.78, 5) is 12.5. The van der Waals surface area contributed by atoms with Gasteiger partial charge in [-0.1, -0.05) is 0 Å². The van der Waals surface area contributed by atoms with E-state index < -0.39 is 12.0 Å². The number of hydrogen-bond donors (Lipinski definition) is 1. The Bertz CT molecular complexity index is 1100. The summed E-state index contributed by atoms with van der Waals surface area (Å²) in [5.41, 5.74) is 0.613. The number of anilines is 1. The van der Waals surface area contributed by atoms with E-state index in [0.29, 0.717) is 16.9 Å². The van der Waals surface area contributed by atoms with Gasteiger partial charge in [-0.3, -0.25) is 0 Å². The van der Waals surface area contributed by atoms with Gasteiger partial charge in [0.15, 0.2) is 0 Å². The fraction of sp³-hybridized carbons (Fsp3) is 0.0741. The Morgan fingerprint density at radius 3 is 1.55 bits per heavy atom. The maximum atomic E-state index is 12.5. The second-order valence-corrected chi connectivity index (χ2v) is 14.7. The molecular formula is C27H24Cl2NO2P. The maximum absolute atomic E-state index is 12.5. The summed E-state index contributed by atoms with van der Waals surface area (Å²) in [6, 6.07) is 37.2. The van der Waals surface area contributed by atoms with Crippen molar-refractivity contribution in [3.05, 3.63) is 120 Å². The van der Waals surface area contributed by atoms with E-state index in [4.69, 9.17) is 27.6 Å². The van der Waals surface area contributed by atoms with Gasteiger partial charge in [0.25, 0.3) is 0 Å². The zero-order chi connectivity index (χ0) is 23.2. The van der Waals surface area contributed by atoms with Crippen LogP contribution in [-0.2, 0) is 4.74 Å². The fourth-order valence-corrected chi connectivity index (χ4v) is 9.88. The molecule has 0 radical (unpaired) electrons. The average molecular weight is 496 g/mol. The van der Waals surface area contributed by atoms with Crippen molar-refractivity contribution in [1.82, 2.24) is 0 Å². The van der Waals surface area contributed by atoms with Crippen LogP contribution in [0.4, 0.5) is 10.5 Å². The van der Waals surface area contributed by atoms with Crippen LogP contribution in [-0.4, -0.2) is 18.9 Å². The monoisotopic (exact) mass is 495 g/mol. The molecule has 0 atom stereocenters. The van der Waals surface area contributed by atoms with Crippen molar-refractivity contribution in [2.45, 2.75) is 0 Å². The second kappa shape index (κ2) is 9.97. The van der Waals surface area contributed by atoms with E-state index in [2.05, 4.69) is 41.7 Å². The molecule has 0 heterocycles. The number of ether oxygens (including phenoxy) is 1. The van der Waals surface area contributed by atoms with Crippen LogP contribution >= 0.6 is 28.8 Å². The van der Waals surface area contributed by atoms with Crippen molar-refractivity contribution in [3.63, 3.8) is 0 Å². The number of carbonyl (C=O) groups is 1. The van der Waals surface area contributed by atoms with Crippen molar-refractivity contribution in [3.8, 4) is 0 Å². The summed E-state index contributed by atoms with van der Waals surface area (Å²) in [5.74, 6) is -3.46. The standard InChI is InChI=1S/C27H24Cl2NO2P/c28-22-16-18-23(19-17-22)30-27(31)32-20-21-33(29,24-10-4-1-5-11-24,25-12-6-2-7-13-25)26-14-8-3-9-15-26/h1-19H,20-21H2,(H,30,31). The zero-order valence-electron chi connectivity index (χ0n) is 17.9. The van der Waals surface area contributed by atoms with Crippen molar-refractivity contribution in [2.75, 3.05) is 18.1 Å². The van der Waals surface area contributed by atoms with Crippen LogP contribution in [0.15, 0.2) is 115 Å². The second-order valence-electron chi connectivity index (χ2n) is 7.68. The summed E-state index contributed by atoms with van der Waals surface area (Å²) < 4.78 is 5.63. The van der Waals surface area contributed by atoms with Gasteiger partial charge in [0.2, 0.25) is 0 Å². The molecule has 0 aromatic heterocycles. The molecule has 0 saturated heterocycles. The summed E-state index contributed by atoms with van der Waals surface area (Å²) in [5, 5.41) is 6.43. The number of amides is 1. The van der Waals surface area contributed by atoms with Crippen molar-refractivity contribution >= 4 is 56.5 Å². The van der Waals surface area contributed by atoms with Crippen LogP contribution in [0.1, 0.15) is 0 Å². The van der Waals surface area contributed by atoms with E-state index in [1.807, 2.05) is 54.6 Å². The van der Waals surface area contributed by atoms with Crippen LogP contribution in [0.3, 0.4) is 0 Å². The van der Waals surface area contributed by atoms with Crippen LogP contribution < -0.4 is 21.2 Å². The Labute approximate surface area is 204 Å². The van der Waals surface area contributed by atoms with E-state index in [9.17, 15) is 4.79 Å². The molecule has 4 aromatic carbocycles. The molecule has 0 aliphatic rings. The van der Waals surface area contributed by atoms with Crippen molar-refractivity contribution < 1.29 is 9.53 Å². The Morgan fingerprint density at radius 2 is 1.12 bits per heavy atom. The first-order valence-electron chi connectivity index (χ1n) is 10.6. The third-order valence-electron chi connectivity index (χ3n) is 5.72. The first-order chi connectivity index (χ1) is 16.0. The Kier molecular flexibility index (Phi) is 7.05. The molecule has 168 valence electrons. The molecule has 0 saturated carbocycles. The van der Waals surface area contributed by atoms with Crippen LogP contribution in [0.5, 0.6) is 0 Å². The number of carbonyl (C=O) groups excluding carboxylic acids is 1. The van der Waals surface area contributed by atoms with E-state index in [1.165, 1.54) is 0 Å². The molecule has 33 heavy (non-hydrogen) atoms. The van der Waals surface area contributed by atoms with Gasteiger partial charge >= 0.3 is 204 Å². The fourth-order valence-electron chi connectivity index (χ4n) is 4.05. The number of rotatable bonds is 7. The third-order valence-corrected chi connectivity index (χ3v) is 13.4. The molecule has 4 rings (SSSR count). The molecular weight excluding hydrogens is 472 g/mol. The molecule has 1 N–H and O–H groups in total. The predicted octanol–water partition coefficient (Wildman–Crippen LogP) is 6.57.